The van der Waals surface area contributed by atoms with Crippen LogP contribution in [0.3, 0.4) is 0 Å². The lowest BCUT2D eigenvalue weighted by Gasteiger charge is -2.29. The molecule has 0 radical (unpaired) electrons. The maximum Gasteiger partial charge on any atom is 0.128 e. The van der Waals surface area contributed by atoms with E-state index in [-0.39, 0.29) is 12.0 Å². The monoisotopic (exact) mass is 841 g/mol. The third-order valence-electron chi connectivity index (χ3n) is 13.8. The molecule has 0 N–H and O–H groups in total. The van der Waals surface area contributed by atoms with Crippen molar-refractivity contribution in [2.45, 2.75) is 12.0 Å². The first-order valence-electron chi connectivity index (χ1n) is 22.9. The number of benzene rings is 11. The summed E-state index contributed by atoms with van der Waals surface area (Å²) in [4.78, 5) is 2.41. The zero-order valence-corrected chi connectivity index (χ0v) is 36.2. The maximum atomic E-state index is 6.57. The summed E-state index contributed by atoms with van der Waals surface area (Å²) in [6, 6.07) is 84.1. The highest BCUT2D eigenvalue weighted by Crippen LogP contribution is 2.48. The fraction of sp³-hybridized carbons (Fsp3) is 0.0312. The van der Waals surface area contributed by atoms with E-state index in [1.165, 1.54) is 93.2 Å². The number of allylic oxidation sites excluding steroid dienone is 2. The maximum absolute atomic E-state index is 6.57. The van der Waals surface area contributed by atoms with Crippen molar-refractivity contribution in [1.29, 1.82) is 0 Å². The van der Waals surface area contributed by atoms with Crippen LogP contribution in [0, 0.1) is 0 Å². The molecule has 11 aromatic carbocycles. The summed E-state index contributed by atoms with van der Waals surface area (Å²) in [5, 5.41) is 10.0. The highest BCUT2D eigenvalue weighted by molar-refractivity contribution is 6.12. The predicted octanol–water partition coefficient (Wildman–Crippen LogP) is 17.3. The van der Waals surface area contributed by atoms with Crippen molar-refractivity contribution < 1.29 is 4.74 Å². The third-order valence-corrected chi connectivity index (χ3v) is 13.8. The summed E-state index contributed by atoms with van der Waals surface area (Å²) in [5.41, 5.74) is 14.1. The van der Waals surface area contributed by atoms with Crippen LogP contribution in [0.1, 0.15) is 17.0 Å². The highest BCUT2D eigenvalue weighted by Gasteiger charge is 2.34. The van der Waals surface area contributed by atoms with Crippen molar-refractivity contribution in [3.05, 3.63) is 260 Å². The molecule has 2 heteroatoms. The Hall–Kier alpha value is -8.46. The molecule has 0 bridgehead atoms. The summed E-state index contributed by atoms with van der Waals surface area (Å²) in [5.74, 6) is 1.10. The molecular weight excluding hydrogens is 799 g/mol. The van der Waals surface area contributed by atoms with Gasteiger partial charge in [-0.15, -0.1) is 0 Å². The Kier molecular flexibility index (Phi) is 9.02. The molecule has 0 spiro atoms. The fourth-order valence-corrected chi connectivity index (χ4v) is 10.5. The average molecular weight is 842 g/mol. The van der Waals surface area contributed by atoms with Crippen LogP contribution in [-0.2, 0) is 0 Å². The van der Waals surface area contributed by atoms with Crippen LogP contribution in [0.15, 0.2) is 249 Å². The molecule has 0 aromatic heterocycles. The average Bonchev–Trinajstić information content (AvgIpc) is 3.75. The van der Waals surface area contributed by atoms with Gasteiger partial charge in [0.25, 0.3) is 0 Å². The smallest absolute Gasteiger partial charge is 0.128 e. The van der Waals surface area contributed by atoms with Gasteiger partial charge in [-0.2, -0.15) is 0 Å². The number of rotatable bonds is 7. The minimum Gasteiger partial charge on any atom is -0.485 e. The second kappa shape index (κ2) is 15.7. The Labute approximate surface area is 384 Å². The van der Waals surface area contributed by atoms with Gasteiger partial charge < -0.3 is 9.64 Å². The van der Waals surface area contributed by atoms with E-state index in [1.807, 2.05) is 0 Å². The van der Waals surface area contributed by atoms with Crippen LogP contribution >= 0.6 is 0 Å². The lowest BCUT2D eigenvalue weighted by atomic mass is 9.85. The van der Waals surface area contributed by atoms with Gasteiger partial charge in [0.1, 0.15) is 11.9 Å². The lowest BCUT2D eigenvalue weighted by Crippen LogP contribution is -2.18. The number of para-hydroxylation sites is 1. The van der Waals surface area contributed by atoms with Gasteiger partial charge in [-0.05, 0) is 131 Å². The topological polar surface area (TPSA) is 12.5 Å². The van der Waals surface area contributed by atoms with E-state index < -0.39 is 0 Å². The second-order valence-electron chi connectivity index (χ2n) is 17.6. The first-order chi connectivity index (χ1) is 32.7. The van der Waals surface area contributed by atoms with Gasteiger partial charge in [0.2, 0.25) is 0 Å². The van der Waals surface area contributed by atoms with Gasteiger partial charge in [-0.1, -0.05) is 200 Å². The lowest BCUT2D eigenvalue weighted by molar-refractivity contribution is 0.269. The molecule has 2 unspecified atom stereocenters. The van der Waals surface area contributed by atoms with Crippen molar-refractivity contribution in [1.82, 2.24) is 0 Å². The van der Waals surface area contributed by atoms with Gasteiger partial charge in [0, 0.05) is 28.4 Å². The van der Waals surface area contributed by atoms with Crippen LogP contribution in [-0.4, -0.2) is 6.10 Å². The molecule has 66 heavy (non-hydrogen) atoms. The second-order valence-corrected chi connectivity index (χ2v) is 17.6. The number of hydrogen-bond donors (Lipinski definition) is 0. The van der Waals surface area contributed by atoms with Crippen molar-refractivity contribution in [3.63, 3.8) is 0 Å². The number of fused-ring (bicyclic) bond motifs is 8. The van der Waals surface area contributed by atoms with Crippen molar-refractivity contribution in [3.8, 4) is 39.1 Å². The first kappa shape index (κ1) is 38.0. The molecule has 1 heterocycles. The van der Waals surface area contributed by atoms with Gasteiger partial charge in [-0.3, -0.25) is 0 Å². The quantitative estimate of drug-likeness (QED) is 0.148. The molecule has 13 rings (SSSR count). The zero-order chi connectivity index (χ0) is 43.6. The Bertz CT molecular complexity index is 3720. The summed E-state index contributed by atoms with van der Waals surface area (Å²) < 4.78 is 6.57. The zero-order valence-electron chi connectivity index (χ0n) is 36.2. The molecule has 0 saturated carbocycles. The molecule has 2 atom stereocenters. The molecule has 310 valence electrons. The predicted molar refractivity (Wildman–Crippen MR) is 278 cm³/mol. The van der Waals surface area contributed by atoms with Gasteiger partial charge in [0.15, 0.2) is 0 Å². The largest absolute Gasteiger partial charge is 0.485 e. The highest BCUT2D eigenvalue weighted by atomic mass is 16.5. The van der Waals surface area contributed by atoms with Crippen LogP contribution in [0.25, 0.3) is 82.0 Å². The number of hydrogen-bond acceptors (Lipinski definition) is 2. The SMILES string of the molecule is C1=CC2Oc3cc4ccccc4cc3C2C=C1c1ccccc1N(c1ccc(-c2ccc(-c3cccc4ccccc34)cc2)cc1)c1ccc(-c2cccc3c2ccc2ccccc23)cc1. The Morgan fingerprint density at radius 3 is 1.62 bits per heavy atom. The molecular formula is C64H43NO. The number of ether oxygens (including phenoxy) is 1. The van der Waals surface area contributed by atoms with Crippen molar-refractivity contribution in [2.75, 3.05) is 4.90 Å². The van der Waals surface area contributed by atoms with E-state index in [1.54, 1.807) is 0 Å². The normalized spacial score (nSPS) is 15.1. The Balaban J connectivity index is 0.895. The van der Waals surface area contributed by atoms with E-state index >= 15 is 0 Å². The molecule has 0 amide bonds. The summed E-state index contributed by atoms with van der Waals surface area (Å²) in [7, 11) is 0. The van der Waals surface area contributed by atoms with E-state index in [0.717, 1.165) is 22.8 Å². The molecule has 1 aliphatic heterocycles. The fourth-order valence-electron chi connectivity index (χ4n) is 10.5. The number of anilines is 3. The standard InChI is InChI=1S/C64H43NO/c1-2-14-49-41-64-61(39-48(49)13-1)60-40-50(32-38-63(60)66-64)57-18-7-8-22-62(57)65(52-35-29-47(30-36-52)56-20-10-21-58-55-17-6-4-12-45(55)31-37-59(56)58)51-33-27-43(28-34-51)42-23-25-46(26-24-42)54-19-9-15-44-11-3-5-16-53(44)54/h1-41,60,63H. The third kappa shape index (κ3) is 6.49. The number of nitrogens with zero attached hydrogens (tertiary/aromatic N) is 1. The summed E-state index contributed by atoms with van der Waals surface area (Å²) >= 11 is 0. The molecule has 0 saturated heterocycles. The van der Waals surface area contributed by atoms with E-state index in [2.05, 4.69) is 254 Å². The Morgan fingerprint density at radius 2 is 0.879 bits per heavy atom. The van der Waals surface area contributed by atoms with Crippen LogP contribution in [0.2, 0.25) is 0 Å². The van der Waals surface area contributed by atoms with Gasteiger partial charge >= 0.3 is 0 Å². The summed E-state index contributed by atoms with van der Waals surface area (Å²) in [6.07, 6.45) is 6.88. The molecule has 1 aliphatic carbocycles. The van der Waals surface area contributed by atoms with Gasteiger partial charge in [-0.25, -0.2) is 0 Å². The van der Waals surface area contributed by atoms with Crippen LogP contribution in [0.5, 0.6) is 5.75 Å². The minimum atomic E-state index is -0.0305. The Morgan fingerprint density at radius 1 is 0.364 bits per heavy atom. The molecule has 2 aliphatic rings. The van der Waals surface area contributed by atoms with E-state index in [4.69, 9.17) is 4.74 Å². The van der Waals surface area contributed by atoms with Crippen molar-refractivity contribution >= 4 is 65.7 Å². The van der Waals surface area contributed by atoms with Crippen molar-refractivity contribution in [2.24, 2.45) is 0 Å². The van der Waals surface area contributed by atoms with E-state index in [9.17, 15) is 0 Å². The van der Waals surface area contributed by atoms with Crippen LogP contribution < -0.4 is 9.64 Å². The summed E-state index contributed by atoms with van der Waals surface area (Å²) in [6.45, 7) is 0. The molecule has 0 fully saturated rings. The minimum absolute atomic E-state index is 0.0305. The first-order valence-corrected chi connectivity index (χ1v) is 22.9. The molecule has 11 aromatic rings. The van der Waals surface area contributed by atoms with Gasteiger partial charge in [0.05, 0.1) is 5.69 Å². The van der Waals surface area contributed by atoms with Crippen LogP contribution in [0.4, 0.5) is 17.1 Å². The molecule has 2 nitrogen and oxygen atoms in total. The van der Waals surface area contributed by atoms with E-state index in [0.29, 0.717) is 0 Å².